The number of sulfonamides is 1. The second kappa shape index (κ2) is 8.77. The van der Waals surface area contributed by atoms with E-state index in [2.05, 4.69) is 19.9 Å². The van der Waals surface area contributed by atoms with Crippen molar-refractivity contribution in [2.45, 2.75) is 30.2 Å². The van der Waals surface area contributed by atoms with E-state index in [9.17, 15) is 17.6 Å². The zero-order valence-electron chi connectivity index (χ0n) is 14.6. The lowest BCUT2D eigenvalue weighted by Crippen LogP contribution is -2.45. The highest BCUT2D eigenvalue weighted by molar-refractivity contribution is 7.89. The molecule has 1 saturated heterocycles. The van der Waals surface area contributed by atoms with E-state index in [1.165, 1.54) is 18.2 Å². The average molecular weight is 413 g/mol. The van der Waals surface area contributed by atoms with E-state index in [1.54, 1.807) is 17.5 Å². The third-order valence-electron chi connectivity index (χ3n) is 4.30. The van der Waals surface area contributed by atoms with Crippen LogP contribution in [0.25, 0.3) is 0 Å². The van der Waals surface area contributed by atoms with Crippen molar-refractivity contribution in [3.05, 3.63) is 41.7 Å². The van der Waals surface area contributed by atoms with Gasteiger partial charge in [0.2, 0.25) is 15.9 Å². The molecule has 27 heavy (non-hydrogen) atoms. The Morgan fingerprint density at radius 1 is 1.33 bits per heavy atom. The first kappa shape index (κ1) is 19.7. The third kappa shape index (κ3) is 5.47. The Hall–Kier alpha value is -2.04. The molecule has 2 N–H and O–H groups in total. The first-order chi connectivity index (χ1) is 12.9. The molecular formula is C17H21FN4O3S2. The molecule has 0 bridgehead atoms. The van der Waals surface area contributed by atoms with Gasteiger partial charge in [-0.05, 0) is 31.0 Å². The highest BCUT2D eigenvalue weighted by Gasteiger charge is 2.22. The van der Waals surface area contributed by atoms with Gasteiger partial charge >= 0.3 is 0 Å². The molecule has 2 aromatic rings. The van der Waals surface area contributed by atoms with Gasteiger partial charge in [-0.1, -0.05) is 6.07 Å². The van der Waals surface area contributed by atoms with E-state index < -0.39 is 15.8 Å². The normalized spacial score (nSPS) is 15.7. The van der Waals surface area contributed by atoms with Gasteiger partial charge in [0, 0.05) is 43.7 Å². The number of benzene rings is 1. The number of carbonyl (C=O) groups is 1. The number of carbonyl (C=O) groups excluding carboxylic acids is 1. The number of hydrogen-bond donors (Lipinski definition) is 2. The Labute approximate surface area is 161 Å². The van der Waals surface area contributed by atoms with Gasteiger partial charge in [0.15, 0.2) is 5.13 Å². The first-order valence-electron chi connectivity index (χ1n) is 8.63. The molecule has 0 saturated carbocycles. The largest absolute Gasteiger partial charge is 0.353 e. The van der Waals surface area contributed by atoms with Gasteiger partial charge in [-0.2, -0.15) is 0 Å². The van der Waals surface area contributed by atoms with Crippen molar-refractivity contribution < 1.29 is 17.6 Å². The van der Waals surface area contributed by atoms with Crippen LogP contribution in [0.3, 0.4) is 0 Å². The van der Waals surface area contributed by atoms with Crippen LogP contribution in [0.2, 0.25) is 0 Å². The zero-order valence-corrected chi connectivity index (χ0v) is 16.2. The highest BCUT2D eigenvalue weighted by Crippen LogP contribution is 2.21. The molecular weight excluding hydrogens is 391 g/mol. The Morgan fingerprint density at radius 2 is 2.11 bits per heavy atom. The summed E-state index contributed by atoms with van der Waals surface area (Å²) in [7, 11) is -3.83. The van der Waals surface area contributed by atoms with Crippen molar-refractivity contribution in [3.8, 4) is 0 Å². The molecule has 1 fully saturated rings. The van der Waals surface area contributed by atoms with E-state index in [0.29, 0.717) is 0 Å². The molecule has 1 aromatic carbocycles. The standard InChI is InChI=1S/C17H21FN4O3S2/c18-13-2-1-3-15(12-13)27(24,25)20-7-4-16(23)21-14-5-9-22(10-6-14)17-19-8-11-26-17/h1-3,8,11-12,14,20H,4-7,9-10H2,(H,21,23). The summed E-state index contributed by atoms with van der Waals surface area (Å²) in [6, 6.07) is 4.83. The smallest absolute Gasteiger partial charge is 0.240 e. The monoisotopic (exact) mass is 412 g/mol. The van der Waals surface area contributed by atoms with Gasteiger partial charge in [-0.15, -0.1) is 11.3 Å². The SMILES string of the molecule is O=C(CCNS(=O)(=O)c1cccc(F)c1)NC1CCN(c2nccs2)CC1. The fraction of sp³-hybridized carbons (Fsp3) is 0.412. The maximum atomic E-state index is 13.2. The molecule has 1 aliphatic rings. The Balaban J connectivity index is 1.40. The van der Waals surface area contributed by atoms with Gasteiger partial charge in [0.1, 0.15) is 5.82 Å². The number of halogens is 1. The number of nitrogens with zero attached hydrogens (tertiary/aromatic N) is 2. The highest BCUT2D eigenvalue weighted by atomic mass is 32.2. The van der Waals surface area contributed by atoms with Crippen LogP contribution >= 0.6 is 11.3 Å². The zero-order chi connectivity index (χ0) is 19.3. The van der Waals surface area contributed by atoms with Crippen molar-refractivity contribution in [2.24, 2.45) is 0 Å². The van der Waals surface area contributed by atoms with Gasteiger partial charge in [0.05, 0.1) is 4.90 Å². The Bertz CT molecular complexity index is 866. The predicted octanol–water partition coefficient (Wildman–Crippen LogP) is 1.74. The molecule has 2 heterocycles. The maximum Gasteiger partial charge on any atom is 0.240 e. The summed E-state index contributed by atoms with van der Waals surface area (Å²) in [5.74, 6) is -0.829. The number of aromatic nitrogens is 1. The second-order valence-electron chi connectivity index (χ2n) is 6.25. The number of nitrogens with one attached hydrogen (secondary N) is 2. The van der Waals surface area contributed by atoms with Crippen LogP contribution in [0.15, 0.2) is 40.7 Å². The molecule has 1 amide bonds. The fourth-order valence-corrected chi connectivity index (χ4v) is 4.66. The number of piperidine rings is 1. The van der Waals surface area contributed by atoms with Gasteiger partial charge in [0.25, 0.3) is 0 Å². The van der Waals surface area contributed by atoms with Gasteiger partial charge in [-0.25, -0.2) is 22.5 Å². The molecule has 7 nitrogen and oxygen atoms in total. The van der Waals surface area contributed by atoms with Crippen LogP contribution in [0.4, 0.5) is 9.52 Å². The maximum absolute atomic E-state index is 13.2. The number of hydrogen-bond acceptors (Lipinski definition) is 6. The molecule has 0 aliphatic carbocycles. The van der Waals surface area contributed by atoms with E-state index >= 15 is 0 Å². The lowest BCUT2D eigenvalue weighted by Gasteiger charge is -2.32. The van der Waals surface area contributed by atoms with E-state index in [-0.39, 0.29) is 29.8 Å². The molecule has 1 aliphatic heterocycles. The molecule has 0 atom stereocenters. The van der Waals surface area contributed by atoms with Crippen molar-refractivity contribution in [1.29, 1.82) is 0 Å². The topological polar surface area (TPSA) is 91.4 Å². The summed E-state index contributed by atoms with van der Waals surface area (Å²) >= 11 is 1.60. The summed E-state index contributed by atoms with van der Waals surface area (Å²) < 4.78 is 39.7. The lowest BCUT2D eigenvalue weighted by molar-refractivity contribution is -0.121. The summed E-state index contributed by atoms with van der Waals surface area (Å²) in [5.41, 5.74) is 0. The van der Waals surface area contributed by atoms with Crippen molar-refractivity contribution >= 4 is 32.4 Å². The minimum absolute atomic E-state index is 0.0290. The summed E-state index contributed by atoms with van der Waals surface area (Å²) in [4.78, 5) is 18.4. The van der Waals surface area contributed by atoms with E-state index in [4.69, 9.17) is 0 Å². The number of anilines is 1. The van der Waals surface area contributed by atoms with Crippen molar-refractivity contribution in [3.63, 3.8) is 0 Å². The molecule has 0 radical (unpaired) electrons. The van der Waals surface area contributed by atoms with Crippen LogP contribution in [0, 0.1) is 5.82 Å². The van der Waals surface area contributed by atoms with Crippen LogP contribution < -0.4 is 14.9 Å². The molecule has 3 rings (SSSR count). The predicted molar refractivity (Wildman–Crippen MR) is 102 cm³/mol. The van der Waals surface area contributed by atoms with Crippen LogP contribution in [-0.2, 0) is 14.8 Å². The summed E-state index contributed by atoms with van der Waals surface area (Å²) in [6.07, 6.45) is 3.45. The Kier molecular flexibility index (Phi) is 6.40. The quantitative estimate of drug-likeness (QED) is 0.723. The van der Waals surface area contributed by atoms with Crippen molar-refractivity contribution in [2.75, 3.05) is 24.5 Å². The third-order valence-corrected chi connectivity index (χ3v) is 6.59. The molecule has 1 aromatic heterocycles. The first-order valence-corrected chi connectivity index (χ1v) is 11.0. The number of amides is 1. The molecule has 0 unspecified atom stereocenters. The molecule has 10 heteroatoms. The second-order valence-corrected chi connectivity index (χ2v) is 8.89. The molecule has 146 valence electrons. The number of thiazole rings is 1. The van der Waals surface area contributed by atoms with E-state index in [1.807, 2.05) is 5.38 Å². The van der Waals surface area contributed by atoms with Crippen LogP contribution in [0.1, 0.15) is 19.3 Å². The molecule has 0 spiro atoms. The van der Waals surface area contributed by atoms with Crippen molar-refractivity contribution in [1.82, 2.24) is 15.0 Å². The number of rotatable bonds is 7. The average Bonchev–Trinajstić information content (AvgIpc) is 3.17. The van der Waals surface area contributed by atoms with Gasteiger partial charge in [-0.3, -0.25) is 4.79 Å². The summed E-state index contributed by atoms with van der Waals surface area (Å²) in [6.45, 7) is 1.61. The van der Waals surface area contributed by atoms with Crippen LogP contribution in [0.5, 0.6) is 0 Å². The minimum atomic E-state index is -3.83. The Morgan fingerprint density at radius 3 is 2.78 bits per heavy atom. The lowest BCUT2D eigenvalue weighted by atomic mass is 10.1. The van der Waals surface area contributed by atoms with Crippen LogP contribution in [-0.4, -0.2) is 45.0 Å². The van der Waals surface area contributed by atoms with Gasteiger partial charge < -0.3 is 10.2 Å². The fourth-order valence-electron chi connectivity index (χ4n) is 2.90. The summed E-state index contributed by atoms with van der Waals surface area (Å²) in [5, 5.41) is 5.87. The minimum Gasteiger partial charge on any atom is -0.353 e. The van der Waals surface area contributed by atoms with E-state index in [0.717, 1.165) is 37.1 Å².